The smallest absolute Gasteiger partial charge is 0.244 e. The van der Waals surface area contributed by atoms with Crippen molar-refractivity contribution in [2.24, 2.45) is 0 Å². The fraction of sp³-hybridized carbons (Fsp3) is 0.500. The highest BCUT2D eigenvalue weighted by atomic mass is 16.2. The lowest BCUT2D eigenvalue weighted by molar-refractivity contribution is -0.136. The van der Waals surface area contributed by atoms with Crippen LogP contribution in [-0.4, -0.2) is 35.8 Å². The number of rotatable bonds is 4. The van der Waals surface area contributed by atoms with Crippen LogP contribution in [0.3, 0.4) is 0 Å². The van der Waals surface area contributed by atoms with Crippen molar-refractivity contribution in [1.82, 2.24) is 10.2 Å². The molecule has 1 saturated heterocycles. The van der Waals surface area contributed by atoms with Gasteiger partial charge < -0.3 is 10.2 Å². The van der Waals surface area contributed by atoms with Gasteiger partial charge in [0.05, 0.1) is 6.42 Å². The first-order chi connectivity index (χ1) is 9.66. The number of carbonyl (C=O) groups excluding carboxylic acids is 2. The minimum Gasteiger partial charge on any atom is -0.344 e. The Hall–Kier alpha value is -1.84. The van der Waals surface area contributed by atoms with Crippen molar-refractivity contribution in [2.75, 3.05) is 13.1 Å². The van der Waals surface area contributed by atoms with E-state index in [9.17, 15) is 9.59 Å². The van der Waals surface area contributed by atoms with Crippen molar-refractivity contribution in [3.63, 3.8) is 0 Å². The standard InChI is InChI=1S/C16H22N2O2/c1-13(16(20)18-10-6-3-7-11-18)17-15(19)12-14-8-4-2-5-9-14/h2,4-5,8-9,13H,3,6-7,10-12H2,1H3,(H,17,19)/t13-/m0/s1. The van der Waals surface area contributed by atoms with Gasteiger partial charge in [-0.3, -0.25) is 9.59 Å². The van der Waals surface area contributed by atoms with Gasteiger partial charge in [-0.2, -0.15) is 0 Å². The molecule has 0 bridgehead atoms. The predicted octanol–water partition coefficient (Wildman–Crippen LogP) is 1.75. The van der Waals surface area contributed by atoms with Gasteiger partial charge >= 0.3 is 0 Å². The van der Waals surface area contributed by atoms with Gasteiger partial charge in [-0.1, -0.05) is 30.3 Å². The lowest BCUT2D eigenvalue weighted by atomic mass is 10.1. The van der Waals surface area contributed by atoms with Crippen LogP contribution in [0.1, 0.15) is 31.7 Å². The van der Waals surface area contributed by atoms with Gasteiger partial charge in [-0.25, -0.2) is 0 Å². The van der Waals surface area contributed by atoms with E-state index in [-0.39, 0.29) is 11.8 Å². The van der Waals surface area contributed by atoms with Crippen LogP contribution in [0.5, 0.6) is 0 Å². The minimum atomic E-state index is -0.440. The Morgan fingerprint density at radius 3 is 2.45 bits per heavy atom. The molecule has 1 aromatic rings. The Morgan fingerprint density at radius 2 is 1.80 bits per heavy atom. The topological polar surface area (TPSA) is 49.4 Å². The minimum absolute atomic E-state index is 0.0334. The highest BCUT2D eigenvalue weighted by Crippen LogP contribution is 2.10. The molecule has 1 aliphatic heterocycles. The summed E-state index contributed by atoms with van der Waals surface area (Å²) in [7, 11) is 0. The van der Waals surface area contributed by atoms with E-state index in [0.717, 1.165) is 31.5 Å². The summed E-state index contributed by atoms with van der Waals surface area (Å²) in [5.41, 5.74) is 0.961. The first-order valence-corrected chi connectivity index (χ1v) is 7.29. The number of hydrogen-bond acceptors (Lipinski definition) is 2. The summed E-state index contributed by atoms with van der Waals surface area (Å²) in [4.78, 5) is 26.0. The summed E-state index contributed by atoms with van der Waals surface area (Å²) in [5.74, 6) is -0.0693. The van der Waals surface area contributed by atoms with E-state index in [1.165, 1.54) is 6.42 Å². The molecule has 0 aromatic heterocycles. The van der Waals surface area contributed by atoms with Crippen LogP contribution in [0, 0.1) is 0 Å². The molecule has 0 radical (unpaired) electrons. The second-order valence-electron chi connectivity index (χ2n) is 5.34. The zero-order valence-corrected chi connectivity index (χ0v) is 12.0. The third kappa shape index (κ3) is 4.08. The van der Waals surface area contributed by atoms with Crippen molar-refractivity contribution >= 4 is 11.8 Å². The zero-order chi connectivity index (χ0) is 14.4. The summed E-state index contributed by atoms with van der Waals surface area (Å²) in [6.07, 6.45) is 3.64. The summed E-state index contributed by atoms with van der Waals surface area (Å²) >= 11 is 0. The fourth-order valence-electron chi connectivity index (χ4n) is 2.52. The van der Waals surface area contributed by atoms with Crippen LogP contribution >= 0.6 is 0 Å². The van der Waals surface area contributed by atoms with E-state index in [2.05, 4.69) is 5.32 Å². The molecule has 1 N–H and O–H groups in total. The first-order valence-electron chi connectivity index (χ1n) is 7.29. The largest absolute Gasteiger partial charge is 0.344 e. The summed E-state index contributed by atoms with van der Waals surface area (Å²) in [6, 6.07) is 9.12. The van der Waals surface area contributed by atoms with Crippen LogP contribution in [0.15, 0.2) is 30.3 Å². The van der Waals surface area contributed by atoms with Gasteiger partial charge in [-0.05, 0) is 31.7 Å². The molecule has 1 heterocycles. The molecule has 1 aromatic carbocycles. The molecule has 108 valence electrons. The van der Waals surface area contributed by atoms with Crippen LogP contribution < -0.4 is 5.32 Å². The molecular weight excluding hydrogens is 252 g/mol. The number of amides is 2. The molecule has 2 amide bonds. The Bertz CT molecular complexity index is 453. The molecule has 1 aliphatic rings. The molecule has 1 fully saturated rings. The first kappa shape index (κ1) is 14.6. The number of likely N-dealkylation sites (tertiary alicyclic amines) is 1. The second-order valence-corrected chi connectivity index (χ2v) is 5.34. The van der Waals surface area contributed by atoms with E-state index in [0.29, 0.717) is 6.42 Å². The highest BCUT2D eigenvalue weighted by molar-refractivity contribution is 5.88. The number of carbonyl (C=O) groups is 2. The molecule has 20 heavy (non-hydrogen) atoms. The number of nitrogens with zero attached hydrogens (tertiary/aromatic N) is 1. The maximum atomic E-state index is 12.2. The lowest BCUT2D eigenvalue weighted by Crippen LogP contribution is -2.48. The van der Waals surface area contributed by atoms with Gasteiger partial charge in [0, 0.05) is 13.1 Å². The Kier molecular flexibility index (Phi) is 5.16. The van der Waals surface area contributed by atoms with Gasteiger partial charge in [-0.15, -0.1) is 0 Å². The van der Waals surface area contributed by atoms with Gasteiger partial charge in [0.25, 0.3) is 0 Å². The van der Waals surface area contributed by atoms with E-state index in [4.69, 9.17) is 0 Å². The maximum Gasteiger partial charge on any atom is 0.244 e. The molecule has 2 rings (SSSR count). The number of nitrogens with one attached hydrogen (secondary N) is 1. The van der Waals surface area contributed by atoms with Crippen LogP contribution in [-0.2, 0) is 16.0 Å². The maximum absolute atomic E-state index is 12.2. The Morgan fingerprint density at radius 1 is 1.15 bits per heavy atom. The van der Waals surface area contributed by atoms with Crippen LogP contribution in [0.4, 0.5) is 0 Å². The average Bonchev–Trinajstić information content (AvgIpc) is 2.48. The van der Waals surface area contributed by atoms with Crippen LogP contribution in [0.25, 0.3) is 0 Å². The molecule has 0 saturated carbocycles. The van der Waals surface area contributed by atoms with Gasteiger partial charge in [0.1, 0.15) is 6.04 Å². The monoisotopic (exact) mass is 274 g/mol. The molecule has 4 heteroatoms. The Balaban J connectivity index is 1.82. The number of hydrogen-bond donors (Lipinski definition) is 1. The third-order valence-electron chi connectivity index (χ3n) is 3.62. The zero-order valence-electron chi connectivity index (χ0n) is 12.0. The van der Waals surface area contributed by atoms with Crippen LogP contribution in [0.2, 0.25) is 0 Å². The van der Waals surface area contributed by atoms with E-state index < -0.39 is 6.04 Å². The van der Waals surface area contributed by atoms with Crippen molar-refractivity contribution in [2.45, 2.75) is 38.6 Å². The SMILES string of the molecule is C[C@H](NC(=O)Cc1ccccc1)C(=O)N1CCCCC1. The average molecular weight is 274 g/mol. The third-order valence-corrected chi connectivity index (χ3v) is 3.62. The quantitative estimate of drug-likeness (QED) is 0.909. The normalized spacial score (nSPS) is 16.6. The van der Waals surface area contributed by atoms with E-state index >= 15 is 0 Å². The number of piperidine rings is 1. The van der Waals surface area contributed by atoms with Crippen molar-refractivity contribution in [3.8, 4) is 0 Å². The van der Waals surface area contributed by atoms with E-state index in [1.807, 2.05) is 35.2 Å². The molecule has 0 spiro atoms. The van der Waals surface area contributed by atoms with Crippen molar-refractivity contribution in [3.05, 3.63) is 35.9 Å². The van der Waals surface area contributed by atoms with E-state index in [1.54, 1.807) is 6.92 Å². The highest BCUT2D eigenvalue weighted by Gasteiger charge is 2.23. The van der Waals surface area contributed by atoms with Gasteiger partial charge in [0.15, 0.2) is 0 Å². The predicted molar refractivity (Wildman–Crippen MR) is 78.2 cm³/mol. The molecule has 4 nitrogen and oxygen atoms in total. The lowest BCUT2D eigenvalue weighted by Gasteiger charge is -2.29. The van der Waals surface area contributed by atoms with Crippen molar-refractivity contribution in [1.29, 1.82) is 0 Å². The summed E-state index contributed by atoms with van der Waals surface area (Å²) < 4.78 is 0. The fourth-order valence-corrected chi connectivity index (χ4v) is 2.52. The molecular formula is C16H22N2O2. The molecule has 0 aliphatic carbocycles. The van der Waals surface area contributed by atoms with Crippen molar-refractivity contribution < 1.29 is 9.59 Å². The summed E-state index contributed by atoms with van der Waals surface area (Å²) in [5, 5.41) is 2.80. The molecule has 0 unspecified atom stereocenters. The summed E-state index contributed by atoms with van der Waals surface area (Å²) in [6.45, 7) is 3.40. The molecule has 1 atom stereocenters. The Labute approximate surface area is 120 Å². The number of benzene rings is 1. The second kappa shape index (κ2) is 7.08. The van der Waals surface area contributed by atoms with Gasteiger partial charge in [0.2, 0.25) is 11.8 Å².